The van der Waals surface area contributed by atoms with E-state index in [0.717, 1.165) is 5.56 Å². The van der Waals surface area contributed by atoms with Crippen molar-refractivity contribution in [3.8, 4) is 11.5 Å². The van der Waals surface area contributed by atoms with Crippen LogP contribution in [0.15, 0.2) is 48.5 Å². The molecule has 2 aromatic carbocycles. The minimum atomic E-state index is -0.426. The Morgan fingerprint density at radius 2 is 1.81 bits per heavy atom. The molecule has 1 N–H and O–H groups in total. The summed E-state index contributed by atoms with van der Waals surface area (Å²) >= 11 is 0. The Labute approximate surface area is 152 Å². The highest BCUT2D eigenvalue weighted by atomic mass is 16.5. The summed E-state index contributed by atoms with van der Waals surface area (Å²) in [6.07, 6.45) is 3.06. The number of carbonyl (C=O) groups excluding carboxylic acids is 2. The van der Waals surface area contributed by atoms with Crippen LogP contribution in [0, 0.1) is 0 Å². The van der Waals surface area contributed by atoms with Gasteiger partial charge in [0.1, 0.15) is 0 Å². The van der Waals surface area contributed by atoms with Crippen LogP contribution in [0.2, 0.25) is 0 Å². The van der Waals surface area contributed by atoms with Crippen molar-refractivity contribution in [1.29, 1.82) is 0 Å². The van der Waals surface area contributed by atoms with Gasteiger partial charge in [0.2, 0.25) is 5.91 Å². The van der Waals surface area contributed by atoms with Crippen LogP contribution >= 0.6 is 0 Å². The summed E-state index contributed by atoms with van der Waals surface area (Å²) in [5, 5.41) is 2.71. The van der Waals surface area contributed by atoms with Gasteiger partial charge in [-0.25, -0.2) is 4.79 Å². The van der Waals surface area contributed by atoms with Crippen molar-refractivity contribution in [2.75, 3.05) is 26.1 Å². The quantitative estimate of drug-likeness (QED) is 0.607. The van der Waals surface area contributed by atoms with E-state index in [-0.39, 0.29) is 5.91 Å². The molecule has 0 aliphatic carbocycles. The molecule has 0 unspecified atom stereocenters. The van der Waals surface area contributed by atoms with E-state index in [4.69, 9.17) is 14.2 Å². The third-order valence-electron chi connectivity index (χ3n) is 3.48. The monoisotopic (exact) mass is 355 g/mol. The number of carbonyl (C=O) groups is 2. The van der Waals surface area contributed by atoms with Crippen LogP contribution < -0.4 is 14.8 Å². The van der Waals surface area contributed by atoms with Crippen molar-refractivity contribution in [3.63, 3.8) is 0 Å². The fourth-order valence-corrected chi connectivity index (χ4v) is 2.25. The number of methoxy groups -OCH3 is 2. The second-order valence-electron chi connectivity index (χ2n) is 5.24. The summed E-state index contributed by atoms with van der Waals surface area (Å²) in [5.74, 6) is 0.451. The predicted molar refractivity (Wildman–Crippen MR) is 99.6 cm³/mol. The molecule has 0 aliphatic rings. The molecule has 2 aromatic rings. The number of hydrogen-bond acceptors (Lipinski definition) is 5. The summed E-state index contributed by atoms with van der Waals surface area (Å²) in [6, 6.07) is 11.9. The molecule has 6 heteroatoms. The van der Waals surface area contributed by atoms with Gasteiger partial charge in [-0.1, -0.05) is 12.1 Å². The van der Waals surface area contributed by atoms with Gasteiger partial charge >= 0.3 is 5.97 Å². The Morgan fingerprint density at radius 1 is 1.04 bits per heavy atom. The lowest BCUT2D eigenvalue weighted by atomic mass is 10.2. The molecule has 0 saturated heterocycles. The zero-order valence-corrected chi connectivity index (χ0v) is 14.9. The van der Waals surface area contributed by atoms with E-state index < -0.39 is 5.97 Å². The predicted octanol–water partition coefficient (Wildman–Crippen LogP) is 3.53. The van der Waals surface area contributed by atoms with Crippen molar-refractivity contribution in [2.45, 2.75) is 6.92 Å². The number of nitrogens with one attached hydrogen (secondary N) is 1. The van der Waals surface area contributed by atoms with Gasteiger partial charge in [0, 0.05) is 11.8 Å². The first kappa shape index (κ1) is 19.1. The Bertz CT molecular complexity index is 814. The van der Waals surface area contributed by atoms with Gasteiger partial charge in [0.15, 0.2) is 11.5 Å². The number of anilines is 1. The Morgan fingerprint density at radius 3 is 2.50 bits per heavy atom. The molecule has 1 amide bonds. The summed E-state index contributed by atoms with van der Waals surface area (Å²) in [5.41, 5.74) is 1.68. The van der Waals surface area contributed by atoms with Crippen LogP contribution in [0.25, 0.3) is 6.08 Å². The number of benzene rings is 2. The highest BCUT2D eigenvalue weighted by Crippen LogP contribution is 2.27. The second kappa shape index (κ2) is 9.27. The highest BCUT2D eigenvalue weighted by molar-refractivity contribution is 6.02. The Kier molecular flexibility index (Phi) is 6.79. The van der Waals surface area contributed by atoms with Crippen molar-refractivity contribution >= 4 is 23.6 Å². The molecule has 0 spiro atoms. The largest absolute Gasteiger partial charge is 0.493 e. The summed E-state index contributed by atoms with van der Waals surface area (Å²) in [7, 11) is 3.11. The van der Waals surface area contributed by atoms with Crippen LogP contribution in [0.5, 0.6) is 11.5 Å². The van der Waals surface area contributed by atoms with Crippen LogP contribution in [-0.2, 0) is 9.53 Å². The molecule has 0 atom stereocenters. The van der Waals surface area contributed by atoms with Crippen LogP contribution in [0.1, 0.15) is 22.8 Å². The van der Waals surface area contributed by atoms with Gasteiger partial charge in [0.25, 0.3) is 0 Å². The van der Waals surface area contributed by atoms with Crippen molar-refractivity contribution < 1.29 is 23.8 Å². The number of rotatable bonds is 7. The van der Waals surface area contributed by atoms with Gasteiger partial charge in [-0.3, -0.25) is 4.79 Å². The van der Waals surface area contributed by atoms with Crippen molar-refractivity contribution in [2.24, 2.45) is 0 Å². The number of amides is 1. The lowest BCUT2D eigenvalue weighted by Gasteiger charge is -2.08. The smallest absolute Gasteiger partial charge is 0.338 e. The Hall–Kier alpha value is -3.28. The van der Waals surface area contributed by atoms with Crippen LogP contribution in [-0.4, -0.2) is 32.7 Å². The fraction of sp³-hybridized carbons (Fsp3) is 0.200. The van der Waals surface area contributed by atoms with Crippen molar-refractivity contribution in [3.05, 3.63) is 59.7 Å². The first-order valence-electron chi connectivity index (χ1n) is 8.05. The molecular weight excluding hydrogens is 334 g/mol. The lowest BCUT2D eigenvalue weighted by Crippen LogP contribution is -2.09. The van der Waals surface area contributed by atoms with E-state index in [1.165, 1.54) is 6.08 Å². The minimum Gasteiger partial charge on any atom is -0.493 e. The summed E-state index contributed by atoms with van der Waals surface area (Å²) < 4.78 is 15.4. The molecule has 0 fully saturated rings. The molecule has 2 rings (SSSR count). The lowest BCUT2D eigenvalue weighted by molar-refractivity contribution is -0.111. The van der Waals surface area contributed by atoms with Gasteiger partial charge in [-0.15, -0.1) is 0 Å². The molecule has 6 nitrogen and oxygen atoms in total. The molecule has 0 heterocycles. The van der Waals surface area contributed by atoms with Gasteiger partial charge in [-0.05, 0) is 48.9 Å². The van der Waals surface area contributed by atoms with Crippen LogP contribution in [0.3, 0.4) is 0 Å². The molecule has 0 saturated carbocycles. The number of esters is 1. The summed E-state index contributed by atoms with van der Waals surface area (Å²) in [6.45, 7) is 2.03. The van der Waals surface area contributed by atoms with Crippen LogP contribution in [0.4, 0.5) is 5.69 Å². The average molecular weight is 355 g/mol. The maximum atomic E-state index is 12.1. The van der Waals surface area contributed by atoms with E-state index in [9.17, 15) is 9.59 Å². The van der Waals surface area contributed by atoms with E-state index in [1.54, 1.807) is 63.6 Å². The average Bonchev–Trinajstić information content (AvgIpc) is 2.66. The molecule has 0 aliphatic heterocycles. The highest BCUT2D eigenvalue weighted by Gasteiger charge is 2.08. The fourth-order valence-electron chi connectivity index (χ4n) is 2.25. The second-order valence-corrected chi connectivity index (χ2v) is 5.24. The van der Waals surface area contributed by atoms with Gasteiger partial charge in [-0.2, -0.15) is 0 Å². The first-order chi connectivity index (χ1) is 12.6. The molecular formula is C20H21NO5. The summed E-state index contributed by atoms with van der Waals surface area (Å²) in [4.78, 5) is 23.8. The maximum absolute atomic E-state index is 12.1. The molecule has 0 aromatic heterocycles. The van der Waals surface area contributed by atoms with Gasteiger partial charge in [0.05, 0.1) is 26.4 Å². The first-order valence-corrected chi connectivity index (χ1v) is 8.05. The molecule has 0 radical (unpaired) electrons. The van der Waals surface area contributed by atoms with Crippen molar-refractivity contribution in [1.82, 2.24) is 0 Å². The third-order valence-corrected chi connectivity index (χ3v) is 3.48. The minimum absolute atomic E-state index is 0.295. The zero-order chi connectivity index (χ0) is 18.9. The Balaban J connectivity index is 2.05. The molecule has 26 heavy (non-hydrogen) atoms. The van der Waals surface area contributed by atoms with E-state index in [0.29, 0.717) is 29.4 Å². The standard InChI is InChI=1S/C20H21NO5/c1-4-26-20(23)15-6-5-7-16(13-15)21-19(22)11-9-14-8-10-17(24-2)18(12-14)25-3/h5-13H,4H2,1-3H3,(H,21,22). The van der Waals surface area contributed by atoms with E-state index >= 15 is 0 Å². The van der Waals surface area contributed by atoms with E-state index in [1.807, 2.05) is 6.07 Å². The SMILES string of the molecule is CCOC(=O)c1cccc(NC(=O)C=Cc2ccc(OC)c(OC)c2)c1. The zero-order valence-electron chi connectivity index (χ0n) is 14.9. The van der Waals surface area contributed by atoms with E-state index in [2.05, 4.69) is 5.32 Å². The van der Waals surface area contributed by atoms with Gasteiger partial charge < -0.3 is 19.5 Å². The number of ether oxygens (including phenoxy) is 3. The third kappa shape index (κ3) is 5.11. The maximum Gasteiger partial charge on any atom is 0.338 e. The topological polar surface area (TPSA) is 73.9 Å². The number of hydrogen-bond donors (Lipinski definition) is 1. The molecule has 0 bridgehead atoms. The molecule has 136 valence electrons. The normalized spacial score (nSPS) is 10.4.